The molecule has 0 spiro atoms. The van der Waals surface area contributed by atoms with Crippen molar-refractivity contribution in [3.63, 3.8) is 0 Å². The molecule has 7 nitrogen and oxygen atoms in total. The average molecular weight is 332 g/mol. The Bertz CT molecular complexity index is 1020. The van der Waals surface area contributed by atoms with Crippen LogP contribution in [0.25, 0.3) is 11.3 Å². The van der Waals surface area contributed by atoms with Gasteiger partial charge in [-0.15, -0.1) is 10.2 Å². The Hall–Kier alpha value is -3.48. The largest absolute Gasteiger partial charge is 0.341 e. The van der Waals surface area contributed by atoms with Crippen molar-refractivity contribution in [2.75, 3.05) is 0 Å². The zero-order valence-electron chi connectivity index (χ0n) is 13.6. The third-order valence-corrected chi connectivity index (χ3v) is 3.98. The minimum atomic E-state index is -0.302. The summed E-state index contributed by atoms with van der Waals surface area (Å²) in [5.41, 5.74) is 2.09. The lowest BCUT2D eigenvalue weighted by Crippen LogP contribution is -2.29. The monoisotopic (exact) mass is 332 g/mol. The number of carbonyl (C=O) groups excluding carboxylic acids is 1. The van der Waals surface area contributed by atoms with Gasteiger partial charge in [-0.1, -0.05) is 24.3 Å². The van der Waals surface area contributed by atoms with Crippen LogP contribution in [0.1, 0.15) is 29.3 Å². The van der Waals surface area contributed by atoms with Gasteiger partial charge in [0, 0.05) is 11.9 Å². The van der Waals surface area contributed by atoms with Crippen LogP contribution in [0.5, 0.6) is 0 Å². The van der Waals surface area contributed by atoms with E-state index in [0.29, 0.717) is 11.5 Å². The van der Waals surface area contributed by atoms with E-state index in [2.05, 4.69) is 20.5 Å². The number of rotatable bonds is 4. The van der Waals surface area contributed by atoms with Crippen LogP contribution in [-0.2, 0) is 0 Å². The first-order valence-corrected chi connectivity index (χ1v) is 7.92. The fourth-order valence-electron chi connectivity index (χ4n) is 2.75. The number of nitrogens with one attached hydrogen (secondary N) is 1. The molecule has 0 saturated heterocycles. The van der Waals surface area contributed by atoms with Crippen molar-refractivity contribution >= 4 is 11.6 Å². The van der Waals surface area contributed by atoms with Crippen molar-refractivity contribution < 1.29 is 4.79 Å². The maximum Gasteiger partial charge on any atom is 0.270 e. The molecule has 0 fully saturated rings. The number of imidazole rings is 1. The van der Waals surface area contributed by atoms with Gasteiger partial charge in [0.05, 0.1) is 18.6 Å². The molecule has 1 aromatic carbocycles. The quantitative estimate of drug-likeness (QED) is 0.622. The molecule has 0 aliphatic heterocycles. The van der Waals surface area contributed by atoms with E-state index in [4.69, 9.17) is 0 Å². The summed E-state index contributed by atoms with van der Waals surface area (Å²) in [7, 11) is 0. The molecule has 3 aromatic heterocycles. The van der Waals surface area contributed by atoms with E-state index in [-0.39, 0.29) is 11.9 Å². The molecule has 0 unspecified atom stereocenters. The molecule has 4 rings (SSSR count). The summed E-state index contributed by atoms with van der Waals surface area (Å²) in [5, 5.41) is 11.3. The van der Waals surface area contributed by atoms with Crippen LogP contribution in [-0.4, -0.2) is 30.1 Å². The smallest absolute Gasteiger partial charge is 0.270 e. The number of carbonyl (C=O) groups is 1. The van der Waals surface area contributed by atoms with E-state index < -0.39 is 0 Å². The van der Waals surface area contributed by atoms with Crippen molar-refractivity contribution in [2.24, 2.45) is 0 Å². The molecule has 0 aliphatic carbocycles. The van der Waals surface area contributed by atoms with Crippen LogP contribution >= 0.6 is 0 Å². The Morgan fingerprint density at radius 2 is 1.88 bits per heavy atom. The molecule has 4 aromatic rings. The molecule has 7 heteroatoms. The molecule has 0 saturated carbocycles. The third kappa shape index (κ3) is 2.76. The molecule has 0 bridgehead atoms. The molecular formula is C18H16N6O. The second kappa shape index (κ2) is 6.20. The second-order valence-corrected chi connectivity index (χ2v) is 5.67. The zero-order chi connectivity index (χ0) is 17.2. The van der Waals surface area contributed by atoms with Crippen molar-refractivity contribution in [1.82, 2.24) is 29.5 Å². The fourth-order valence-corrected chi connectivity index (χ4v) is 2.75. The first-order valence-electron chi connectivity index (χ1n) is 7.92. The number of benzene rings is 1. The molecule has 1 atom stereocenters. The van der Waals surface area contributed by atoms with E-state index in [0.717, 1.165) is 11.3 Å². The lowest BCUT2D eigenvalue weighted by Gasteiger charge is -2.13. The Labute approximate surface area is 144 Å². The van der Waals surface area contributed by atoms with E-state index in [9.17, 15) is 4.79 Å². The van der Waals surface area contributed by atoms with Crippen LogP contribution in [0.15, 0.2) is 67.3 Å². The lowest BCUT2D eigenvalue weighted by molar-refractivity contribution is 0.0931. The van der Waals surface area contributed by atoms with Crippen LogP contribution < -0.4 is 5.32 Å². The Kier molecular flexibility index (Phi) is 3.74. The first kappa shape index (κ1) is 15.1. The minimum Gasteiger partial charge on any atom is -0.341 e. The maximum atomic E-state index is 12.7. The number of hydrogen-bond donors (Lipinski definition) is 1. The predicted molar refractivity (Wildman–Crippen MR) is 92.4 cm³/mol. The number of pyridine rings is 1. The topological polar surface area (TPSA) is 77.1 Å². The van der Waals surface area contributed by atoms with Gasteiger partial charge in [0.25, 0.3) is 5.91 Å². The Balaban J connectivity index is 1.60. The molecule has 124 valence electrons. The van der Waals surface area contributed by atoms with Crippen LogP contribution in [0.4, 0.5) is 0 Å². The van der Waals surface area contributed by atoms with E-state index in [1.165, 1.54) is 0 Å². The van der Waals surface area contributed by atoms with Gasteiger partial charge in [-0.05, 0) is 31.2 Å². The molecule has 0 radical (unpaired) electrons. The zero-order valence-corrected chi connectivity index (χ0v) is 13.6. The highest BCUT2D eigenvalue weighted by atomic mass is 16.2. The summed E-state index contributed by atoms with van der Waals surface area (Å²) in [5.74, 6) is 0.455. The fraction of sp³-hybridized carbons (Fsp3) is 0.111. The molecule has 0 aliphatic rings. The lowest BCUT2D eigenvalue weighted by atomic mass is 10.2. The molecule has 3 heterocycles. The first-order chi connectivity index (χ1) is 12.2. The maximum absolute atomic E-state index is 12.7. The summed E-state index contributed by atoms with van der Waals surface area (Å²) in [4.78, 5) is 16.8. The van der Waals surface area contributed by atoms with E-state index in [1.54, 1.807) is 17.1 Å². The van der Waals surface area contributed by atoms with Crippen LogP contribution in [0, 0.1) is 0 Å². The average Bonchev–Trinajstić information content (AvgIpc) is 3.29. The highest BCUT2D eigenvalue weighted by molar-refractivity contribution is 5.93. The van der Waals surface area contributed by atoms with E-state index in [1.807, 2.05) is 66.1 Å². The van der Waals surface area contributed by atoms with Gasteiger partial charge in [-0.2, -0.15) is 0 Å². The number of hydrogen-bond acceptors (Lipinski definition) is 4. The summed E-state index contributed by atoms with van der Waals surface area (Å²) in [6.45, 7) is 1.88. The number of para-hydroxylation sites is 1. The molecule has 1 N–H and O–H groups in total. The summed E-state index contributed by atoms with van der Waals surface area (Å²) in [6.07, 6.45) is 5.06. The summed E-state index contributed by atoms with van der Waals surface area (Å²) in [6, 6.07) is 15.0. The van der Waals surface area contributed by atoms with Gasteiger partial charge < -0.3 is 5.32 Å². The van der Waals surface area contributed by atoms with Gasteiger partial charge >= 0.3 is 0 Å². The normalized spacial score (nSPS) is 12.2. The SMILES string of the molecule is C[C@H](NC(=O)c1cncn1-c1ccccc1)c1nnc2ccccn12. The Morgan fingerprint density at radius 1 is 1.08 bits per heavy atom. The van der Waals surface area contributed by atoms with Crippen molar-refractivity contribution in [1.29, 1.82) is 0 Å². The molecule has 25 heavy (non-hydrogen) atoms. The number of aromatic nitrogens is 5. The van der Waals surface area contributed by atoms with Crippen LogP contribution in [0.3, 0.4) is 0 Å². The van der Waals surface area contributed by atoms with Gasteiger partial charge in [-0.3, -0.25) is 13.8 Å². The van der Waals surface area contributed by atoms with Crippen molar-refractivity contribution in [3.05, 3.63) is 78.8 Å². The highest BCUT2D eigenvalue weighted by Gasteiger charge is 2.19. The van der Waals surface area contributed by atoms with Gasteiger partial charge in [-0.25, -0.2) is 4.98 Å². The van der Waals surface area contributed by atoms with Gasteiger partial charge in [0.2, 0.25) is 0 Å². The van der Waals surface area contributed by atoms with E-state index >= 15 is 0 Å². The summed E-state index contributed by atoms with van der Waals surface area (Å²) < 4.78 is 3.61. The standard InChI is InChI=1S/C18H16N6O/c1-13(17-22-21-16-9-5-6-10-23(16)17)20-18(25)15-11-19-12-24(15)14-7-3-2-4-8-14/h2-13H,1H3,(H,20,25)/t13-/m0/s1. The Morgan fingerprint density at radius 3 is 2.72 bits per heavy atom. The number of nitrogens with zero attached hydrogens (tertiary/aromatic N) is 5. The molecule has 1 amide bonds. The minimum absolute atomic E-state index is 0.221. The highest BCUT2D eigenvalue weighted by Crippen LogP contribution is 2.15. The summed E-state index contributed by atoms with van der Waals surface area (Å²) >= 11 is 0. The number of fused-ring (bicyclic) bond motifs is 1. The van der Waals surface area contributed by atoms with Gasteiger partial charge in [0.15, 0.2) is 11.5 Å². The van der Waals surface area contributed by atoms with Gasteiger partial charge in [0.1, 0.15) is 5.69 Å². The number of amides is 1. The third-order valence-electron chi connectivity index (χ3n) is 3.98. The second-order valence-electron chi connectivity index (χ2n) is 5.67. The predicted octanol–water partition coefficient (Wildman–Crippen LogP) is 2.41. The molecular weight excluding hydrogens is 316 g/mol. The van der Waals surface area contributed by atoms with Crippen LogP contribution in [0.2, 0.25) is 0 Å². The van der Waals surface area contributed by atoms with Crippen molar-refractivity contribution in [3.8, 4) is 5.69 Å². The van der Waals surface area contributed by atoms with Crippen molar-refractivity contribution in [2.45, 2.75) is 13.0 Å².